The number of hydrogen-bond donors (Lipinski definition) is 3. The number of benzene rings is 1. The van der Waals surface area contributed by atoms with Crippen molar-refractivity contribution in [1.82, 2.24) is 50.4 Å². The van der Waals surface area contributed by atoms with E-state index in [4.69, 9.17) is 14.5 Å². The minimum Gasteiger partial charge on any atom is -0.493 e. The molecule has 0 fully saturated rings. The molecular weight excluding hydrogens is 668 g/mol. The van der Waals surface area contributed by atoms with Gasteiger partial charge in [-0.1, -0.05) is 32.8 Å². The second-order valence-corrected chi connectivity index (χ2v) is 13.6. The van der Waals surface area contributed by atoms with Gasteiger partial charge in [-0.15, -0.1) is 10.2 Å². The number of methoxy groups -OCH3 is 2. The van der Waals surface area contributed by atoms with Gasteiger partial charge < -0.3 is 34.9 Å². The summed E-state index contributed by atoms with van der Waals surface area (Å²) in [6.07, 6.45) is 5.81. The summed E-state index contributed by atoms with van der Waals surface area (Å²) in [5.41, 5.74) is 0.869. The van der Waals surface area contributed by atoms with Crippen LogP contribution in [0.1, 0.15) is 105 Å². The van der Waals surface area contributed by atoms with Crippen molar-refractivity contribution in [3.8, 4) is 11.5 Å². The number of nitrogens with one attached hydrogen (secondary N) is 3. The summed E-state index contributed by atoms with van der Waals surface area (Å²) < 4.78 is 14.2. The maximum Gasteiger partial charge on any atom is 0.291 e. The number of carbonyl (C=O) groups is 4. The molecule has 16 nitrogen and oxygen atoms in total. The lowest BCUT2D eigenvalue weighted by Gasteiger charge is -2.26. The molecule has 0 bridgehead atoms. The van der Waals surface area contributed by atoms with Gasteiger partial charge in [0.25, 0.3) is 5.91 Å². The van der Waals surface area contributed by atoms with Gasteiger partial charge in [-0.25, -0.2) is 9.67 Å². The van der Waals surface area contributed by atoms with Gasteiger partial charge in [0, 0.05) is 45.4 Å². The summed E-state index contributed by atoms with van der Waals surface area (Å²) in [6.45, 7) is 7.19. The molecule has 0 radical (unpaired) electrons. The van der Waals surface area contributed by atoms with Crippen molar-refractivity contribution in [2.75, 3.05) is 33.9 Å². The van der Waals surface area contributed by atoms with Crippen LogP contribution in [0.3, 0.4) is 0 Å². The third-order valence-corrected chi connectivity index (χ3v) is 9.75. The first-order valence-corrected chi connectivity index (χ1v) is 18.3. The van der Waals surface area contributed by atoms with Crippen molar-refractivity contribution in [3.63, 3.8) is 0 Å². The molecule has 0 saturated heterocycles. The standard InChI is InChI=1S/C36H52N10O6/c1-6-23(2)32-35(49)38-24(3)33-39-28(21-25-14-15-26(51-4)27(20-25)52-5)43-46(33)22-31(48)37-16-11-18-44(17-10-13-30(47)40-32)36(50)34-42-41-29-12-8-7-9-19-45(29)34/h14-15,20,23-24,32H,6-13,16-19,21-22H2,1-5H3,(H,37,48)(H,38,49)(H,40,47)/t23-,24+,32-/m0/s1. The fraction of sp³-hybridized carbons (Fsp3) is 0.611. The minimum absolute atomic E-state index is 0.127. The molecule has 2 aromatic heterocycles. The molecule has 0 aliphatic carbocycles. The molecule has 3 aromatic rings. The van der Waals surface area contributed by atoms with Gasteiger partial charge in [-0.3, -0.25) is 19.2 Å². The van der Waals surface area contributed by atoms with Crippen molar-refractivity contribution < 1.29 is 28.7 Å². The molecule has 0 saturated carbocycles. The molecule has 4 amide bonds. The summed E-state index contributed by atoms with van der Waals surface area (Å²) in [4.78, 5) is 60.5. The zero-order valence-corrected chi connectivity index (χ0v) is 30.9. The smallest absolute Gasteiger partial charge is 0.291 e. The molecule has 2 aliphatic rings. The molecule has 4 heterocycles. The largest absolute Gasteiger partial charge is 0.493 e. The van der Waals surface area contributed by atoms with E-state index in [0.29, 0.717) is 80.8 Å². The number of aromatic nitrogens is 6. The third kappa shape index (κ3) is 9.44. The summed E-state index contributed by atoms with van der Waals surface area (Å²) in [5, 5.41) is 22.1. The van der Waals surface area contributed by atoms with E-state index in [2.05, 4.69) is 31.2 Å². The highest BCUT2D eigenvalue weighted by Crippen LogP contribution is 2.28. The monoisotopic (exact) mass is 720 g/mol. The normalized spacial score (nSPS) is 20.2. The van der Waals surface area contributed by atoms with Crippen molar-refractivity contribution >= 4 is 23.6 Å². The lowest BCUT2D eigenvalue weighted by Crippen LogP contribution is -2.51. The van der Waals surface area contributed by atoms with Gasteiger partial charge >= 0.3 is 0 Å². The number of amides is 4. The maximum absolute atomic E-state index is 13.8. The van der Waals surface area contributed by atoms with Crippen LogP contribution in [0.5, 0.6) is 11.5 Å². The van der Waals surface area contributed by atoms with Crippen molar-refractivity contribution in [2.45, 2.75) is 104 Å². The van der Waals surface area contributed by atoms with Crippen LogP contribution >= 0.6 is 0 Å². The SMILES string of the molecule is CC[C@H](C)[C@@H]1NC(=O)CCCN(C(=O)c2nnc3n2CCCCC3)CCCNC(=O)Cn2nc(Cc3ccc(OC)c(OC)c3)nc2[C@@H](C)NC1=O. The van der Waals surface area contributed by atoms with Crippen LogP contribution in [0.25, 0.3) is 0 Å². The molecule has 3 N–H and O–H groups in total. The van der Waals surface area contributed by atoms with Gasteiger partial charge in [0.05, 0.1) is 20.3 Å². The van der Waals surface area contributed by atoms with Crippen LogP contribution in [0, 0.1) is 5.92 Å². The van der Waals surface area contributed by atoms with Gasteiger partial charge in [0.2, 0.25) is 23.5 Å². The lowest BCUT2D eigenvalue weighted by molar-refractivity contribution is -0.130. The number of hydrogen-bond acceptors (Lipinski definition) is 10. The van der Waals surface area contributed by atoms with E-state index in [-0.39, 0.29) is 42.5 Å². The predicted molar refractivity (Wildman–Crippen MR) is 191 cm³/mol. The van der Waals surface area contributed by atoms with Gasteiger partial charge in [-0.05, 0) is 56.2 Å². The highest BCUT2D eigenvalue weighted by molar-refractivity contribution is 5.91. The number of fused-ring (bicyclic) bond motifs is 2. The zero-order chi connectivity index (χ0) is 37.2. The van der Waals surface area contributed by atoms with Gasteiger partial charge in [-0.2, -0.15) is 5.10 Å². The van der Waals surface area contributed by atoms with Gasteiger partial charge in [0.1, 0.15) is 24.2 Å². The fourth-order valence-electron chi connectivity index (χ4n) is 6.62. The Morgan fingerprint density at radius 2 is 1.73 bits per heavy atom. The molecule has 0 unspecified atom stereocenters. The highest BCUT2D eigenvalue weighted by atomic mass is 16.5. The molecule has 282 valence electrons. The first-order chi connectivity index (χ1) is 25.1. The fourth-order valence-corrected chi connectivity index (χ4v) is 6.62. The zero-order valence-electron chi connectivity index (χ0n) is 30.9. The van der Waals surface area contributed by atoms with Crippen molar-refractivity contribution in [1.29, 1.82) is 0 Å². The van der Waals surface area contributed by atoms with E-state index in [1.165, 1.54) is 4.68 Å². The Morgan fingerprint density at radius 1 is 0.942 bits per heavy atom. The molecule has 16 heteroatoms. The first-order valence-electron chi connectivity index (χ1n) is 18.3. The van der Waals surface area contributed by atoms with Crippen LogP contribution in [-0.4, -0.2) is 98.0 Å². The van der Waals surface area contributed by atoms with E-state index in [1.807, 2.05) is 30.5 Å². The van der Waals surface area contributed by atoms with Crippen molar-refractivity contribution in [2.24, 2.45) is 5.92 Å². The molecule has 52 heavy (non-hydrogen) atoms. The second-order valence-electron chi connectivity index (χ2n) is 13.6. The van der Waals surface area contributed by atoms with E-state index >= 15 is 0 Å². The lowest BCUT2D eigenvalue weighted by atomic mass is 9.97. The number of aryl methyl sites for hydroxylation is 1. The van der Waals surface area contributed by atoms with Crippen LogP contribution in [0.4, 0.5) is 0 Å². The number of carbonyl (C=O) groups excluding carboxylic acids is 4. The summed E-state index contributed by atoms with van der Waals surface area (Å²) >= 11 is 0. The van der Waals surface area contributed by atoms with Gasteiger partial charge in [0.15, 0.2) is 17.3 Å². The quantitative estimate of drug-likeness (QED) is 0.327. The van der Waals surface area contributed by atoms with Crippen LogP contribution < -0.4 is 25.4 Å². The Balaban J connectivity index is 1.38. The maximum atomic E-state index is 13.8. The van der Waals surface area contributed by atoms with Crippen LogP contribution in [0.2, 0.25) is 0 Å². The summed E-state index contributed by atoms with van der Waals surface area (Å²) in [5.74, 6) is 1.81. The van der Waals surface area contributed by atoms with E-state index in [1.54, 1.807) is 32.1 Å². The number of rotatable bonds is 7. The third-order valence-electron chi connectivity index (χ3n) is 9.75. The molecule has 1 aromatic carbocycles. The predicted octanol–water partition coefficient (Wildman–Crippen LogP) is 2.35. The molecule has 3 atom stereocenters. The number of nitrogens with zero attached hydrogens (tertiary/aromatic N) is 7. The number of ether oxygens (including phenoxy) is 2. The first kappa shape index (κ1) is 38.2. The average Bonchev–Trinajstić information content (AvgIpc) is 3.65. The summed E-state index contributed by atoms with van der Waals surface area (Å²) in [7, 11) is 3.13. The van der Waals surface area contributed by atoms with Crippen LogP contribution in [-0.2, 0) is 40.3 Å². The van der Waals surface area contributed by atoms with E-state index < -0.39 is 12.1 Å². The molecule has 0 spiro atoms. The Kier molecular flexibility index (Phi) is 13.2. The summed E-state index contributed by atoms with van der Waals surface area (Å²) in [6, 6.07) is 4.11. The molecule has 5 rings (SSSR count). The molecular formula is C36H52N10O6. The Labute approximate surface area is 304 Å². The second kappa shape index (κ2) is 18.0. The van der Waals surface area contributed by atoms with E-state index in [0.717, 1.165) is 37.1 Å². The Morgan fingerprint density at radius 3 is 2.50 bits per heavy atom. The van der Waals surface area contributed by atoms with Crippen LogP contribution in [0.15, 0.2) is 18.2 Å². The topological polar surface area (TPSA) is 187 Å². The highest BCUT2D eigenvalue weighted by Gasteiger charge is 2.30. The Hall–Kier alpha value is -5.02. The van der Waals surface area contributed by atoms with E-state index in [9.17, 15) is 19.2 Å². The van der Waals surface area contributed by atoms with Crippen molar-refractivity contribution in [3.05, 3.63) is 47.1 Å². The molecule has 2 aliphatic heterocycles. The average molecular weight is 721 g/mol. The Bertz CT molecular complexity index is 1720. The minimum atomic E-state index is -0.797.